The van der Waals surface area contributed by atoms with Crippen molar-refractivity contribution in [2.45, 2.75) is 44.6 Å². The van der Waals surface area contributed by atoms with Crippen molar-refractivity contribution >= 4 is 0 Å². The van der Waals surface area contributed by atoms with Crippen molar-refractivity contribution in [1.82, 2.24) is 5.32 Å². The summed E-state index contributed by atoms with van der Waals surface area (Å²) in [6, 6.07) is 6.52. The highest BCUT2D eigenvalue weighted by atomic mass is 16.5. The molecule has 3 rings (SSSR count). The molecule has 1 heterocycles. The Morgan fingerprint density at radius 3 is 2.90 bits per heavy atom. The molecule has 2 aliphatic rings. The Morgan fingerprint density at radius 2 is 2.10 bits per heavy atom. The quantitative estimate of drug-likeness (QED) is 0.889. The Morgan fingerprint density at radius 1 is 1.25 bits per heavy atom. The predicted molar refractivity (Wildman–Crippen MR) is 80.4 cm³/mol. The lowest BCUT2D eigenvalue weighted by molar-refractivity contribution is 0.250. The van der Waals surface area contributed by atoms with Crippen LogP contribution < -0.4 is 14.8 Å². The van der Waals surface area contributed by atoms with E-state index in [9.17, 15) is 0 Å². The Bertz CT molecular complexity index is 441. The summed E-state index contributed by atoms with van der Waals surface area (Å²) in [7, 11) is 1.72. The number of rotatable bonds is 5. The second-order valence-electron chi connectivity index (χ2n) is 5.99. The molecule has 110 valence electrons. The largest absolute Gasteiger partial charge is 0.497 e. The molecule has 0 bridgehead atoms. The topological polar surface area (TPSA) is 30.5 Å². The van der Waals surface area contributed by atoms with Crippen LogP contribution in [0.3, 0.4) is 0 Å². The van der Waals surface area contributed by atoms with Crippen LogP contribution >= 0.6 is 0 Å². The second-order valence-corrected chi connectivity index (χ2v) is 5.99. The van der Waals surface area contributed by atoms with Gasteiger partial charge in [-0.3, -0.25) is 0 Å². The molecule has 1 aromatic carbocycles. The average Bonchev–Trinajstić information content (AvgIpc) is 3.00. The third kappa shape index (κ3) is 3.09. The SMILES string of the molecule is COc1ccc2c(c1)C(NCCC1CCCC1)CCO2. The molecule has 3 nitrogen and oxygen atoms in total. The molecular formula is C17H25NO2. The second kappa shape index (κ2) is 6.49. The van der Waals surface area contributed by atoms with Crippen molar-refractivity contribution in [1.29, 1.82) is 0 Å². The Hall–Kier alpha value is -1.22. The van der Waals surface area contributed by atoms with Gasteiger partial charge in [-0.1, -0.05) is 25.7 Å². The molecular weight excluding hydrogens is 250 g/mol. The van der Waals surface area contributed by atoms with Gasteiger partial charge in [0.15, 0.2) is 0 Å². The fourth-order valence-electron chi connectivity index (χ4n) is 3.47. The van der Waals surface area contributed by atoms with Gasteiger partial charge in [-0.2, -0.15) is 0 Å². The molecule has 0 saturated heterocycles. The molecule has 0 aromatic heterocycles. The van der Waals surface area contributed by atoms with Gasteiger partial charge in [0.05, 0.1) is 13.7 Å². The van der Waals surface area contributed by atoms with Gasteiger partial charge in [-0.05, 0) is 37.1 Å². The van der Waals surface area contributed by atoms with E-state index < -0.39 is 0 Å². The van der Waals surface area contributed by atoms with E-state index in [1.165, 1.54) is 37.7 Å². The normalized spacial score (nSPS) is 22.4. The molecule has 1 N–H and O–H groups in total. The summed E-state index contributed by atoms with van der Waals surface area (Å²) in [6.07, 6.45) is 8.09. The number of nitrogens with one attached hydrogen (secondary N) is 1. The molecule has 1 aliphatic heterocycles. The fourth-order valence-corrected chi connectivity index (χ4v) is 3.47. The van der Waals surface area contributed by atoms with E-state index in [0.717, 1.165) is 37.0 Å². The Balaban J connectivity index is 1.60. The molecule has 0 radical (unpaired) electrons. The zero-order valence-electron chi connectivity index (χ0n) is 12.4. The Labute approximate surface area is 121 Å². The minimum Gasteiger partial charge on any atom is -0.497 e. The van der Waals surface area contributed by atoms with E-state index in [2.05, 4.69) is 11.4 Å². The van der Waals surface area contributed by atoms with Gasteiger partial charge in [0, 0.05) is 18.0 Å². The van der Waals surface area contributed by atoms with Crippen molar-refractivity contribution in [2.75, 3.05) is 20.3 Å². The van der Waals surface area contributed by atoms with Gasteiger partial charge in [0.1, 0.15) is 11.5 Å². The lowest BCUT2D eigenvalue weighted by atomic mass is 9.99. The zero-order valence-corrected chi connectivity index (χ0v) is 12.4. The summed E-state index contributed by atoms with van der Waals surface area (Å²) in [4.78, 5) is 0. The number of ether oxygens (including phenoxy) is 2. The first-order valence-corrected chi connectivity index (χ1v) is 7.91. The van der Waals surface area contributed by atoms with E-state index in [4.69, 9.17) is 9.47 Å². The molecule has 1 atom stereocenters. The maximum Gasteiger partial charge on any atom is 0.124 e. The van der Waals surface area contributed by atoms with Crippen LogP contribution in [0.25, 0.3) is 0 Å². The van der Waals surface area contributed by atoms with Gasteiger partial charge < -0.3 is 14.8 Å². The molecule has 0 amide bonds. The van der Waals surface area contributed by atoms with Gasteiger partial charge in [-0.25, -0.2) is 0 Å². The summed E-state index contributed by atoms with van der Waals surface area (Å²) in [5, 5.41) is 3.72. The van der Waals surface area contributed by atoms with E-state index in [1.54, 1.807) is 7.11 Å². The summed E-state index contributed by atoms with van der Waals surface area (Å²) < 4.78 is 11.1. The van der Waals surface area contributed by atoms with E-state index in [0.29, 0.717) is 6.04 Å². The van der Waals surface area contributed by atoms with E-state index in [-0.39, 0.29) is 0 Å². The van der Waals surface area contributed by atoms with Crippen LogP contribution in [-0.4, -0.2) is 20.3 Å². The molecule has 3 heteroatoms. The minimum absolute atomic E-state index is 0.412. The summed E-state index contributed by atoms with van der Waals surface area (Å²) in [6.45, 7) is 1.92. The number of hydrogen-bond donors (Lipinski definition) is 1. The van der Waals surface area contributed by atoms with Crippen molar-refractivity contribution in [3.05, 3.63) is 23.8 Å². The third-order valence-corrected chi connectivity index (χ3v) is 4.67. The Kier molecular flexibility index (Phi) is 4.46. The van der Waals surface area contributed by atoms with E-state index >= 15 is 0 Å². The highest BCUT2D eigenvalue weighted by Crippen LogP contribution is 2.35. The van der Waals surface area contributed by atoms with Crippen LogP contribution in [0.5, 0.6) is 11.5 Å². The maximum atomic E-state index is 5.74. The number of fused-ring (bicyclic) bond motifs is 1. The van der Waals surface area contributed by atoms with Crippen molar-refractivity contribution < 1.29 is 9.47 Å². The zero-order chi connectivity index (χ0) is 13.8. The number of methoxy groups -OCH3 is 1. The predicted octanol–water partition coefficient (Wildman–Crippen LogP) is 3.69. The number of benzene rings is 1. The van der Waals surface area contributed by atoms with Crippen molar-refractivity contribution in [2.24, 2.45) is 5.92 Å². The molecule has 1 saturated carbocycles. The van der Waals surface area contributed by atoms with Crippen LogP contribution in [-0.2, 0) is 0 Å². The summed E-state index contributed by atoms with van der Waals surface area (Å²) >= 11 is 0. The standard InChI is InChI=1S/C17H25NO2/c1-19-14-6-7-17-15(12-14)16(9-11-20-17)18-10-8-13-4-2-3-5-13/h6-7,12-13,16,18H,2-5,8-11H2,1H3. The fraction of sp³-hybridized carbons (Fsp3) is 0.647. The van der Waals surface area contributed by atoms with Crippen LogP contribution in [0.15, 0.2) is 18.2 Å². The number of hydrogen-bond acceptors (Lipinski definition) is 3. The molecule has 1 aliphatic carbocycles. The van der Waals surface area contributed by atoms with Gasteiger partial charge in [-0.15, -0.1) is 0 Å². The monoisotopic (exact) mass is 275 g/mol. The minimum atomic E-state index is 0.412. The van der Waals surface area contributed by atoms with Crippen LogP contribution in [0.4, 0.5) is 0 Å². The lowest BCUT2D eigenvalue weighted by Crippen LogP contribution is -2.28. The molecule has 0 spiro atoms. The summed E-state index contributed by atoms with van der Waals surface area (Å²) in [5.41, 5.74) is 1.25. The van der Waals surface area contributed by atoms with Crippen LogP contribution in [0.2, 0.25) is 0 Å². The van der Waals surface area contributed by atoms with Gasteiger partial charge >= 0.3 is 0 Å². The van der Waals surface area contributed by atoms with Crippen LogP contribution in [0.1, 0.15) is 50.1 Å². The summed E-state index contributed by atoms with van der Waals surface area (Å²) in [5.74, 6) is 2.87. The van der Waals surface area contributed by atoms with Crippen LogP contribution in [0, 0.1) is 5.92 Å². The lowest BCUT2D eigenvalue weighted by Gasteiger charge is -2.27. The molecule has 1 fully saturated rings. The van der Waals surface area contributed by atoms with Crippen molar-refractivity contribution in [3.8, 4) is 11.5 Å². The first-order chi connectivity index (χ1) is 9.86. The molecule has 1 aromatic rings. The molecule has 1 unspecified atom stereocenters. The first-order valence-electron chi connectivity index (χ1n) is 7.91. The average molecular weight is 275 g/mol. The first kappa shape index (κ1) is 13.7. The highest BCUT2D eigenvalue weighted by Gasteiger charge is 2.22. The maximum absolute atomic E-state index is 5.74. The van der Waals surface area contributed by atoms with E-state index in [1.807, 2.05) is 12.1 Å². The highest BCUT2D eigenvalue weighted by molar-refractivity contribution is 5.43. The van der Waals surface area contributed by atoms with Crippen molar-refractivity contribution in [3.63, 3.8) is 0 Å². The van der Waals surface area contributed by atoms with Gasteiger partial charge in [0.25, 0.3) is 0 Å². The third-order valence-electron chi connectivity index (χ3n) is 4.67. The van der Waals surface area contributed by atoms with Gasteiger partial charge in [0.2, 0.25) is 0 Å². The smallest absolute Gasteiger partial charge is 0.124 e. The molecule has 20 heavy (non-hydrogen) atoms.